The lowest BCUT2D eigenvalue weighted by atomic mass is 9.86. The molecular weight excluding hydrogens is 846 g/mol. The van der Waals surface area contributed by atoms with Gasteiger partial charge in [-0.15, -0.1) is 0 Å². The van der Waals surface area contributed by atoms with E-state index in [2.05, 4.69) is 38.8 Å². The van der Waals surface area contributed by atoms with Crippen molar-refractivity contribution < 1.29 is 51.3 Å². The van der Waals surface area contributed by atoms with Crippen LogP contribution in [0.15, 0.2) is 72.9 Å². The van der Waals surface area contributed by atoms with Gasteiger partial charge in [0.2, 0.25) is 11.9 Å². The predicted octanol–water partition coefficient (Wildman–Crippen LogP) is 7.54. The largest absolute Gasteiger partial charge is 0.491 e. The number of carbonyl (C=O) groups is 4. The highest BCUT2D eigenvalue weighted by molar-refractivity contribution is 6.23. The quantitative estimate of drug-likeness (QED) is 0.0757. The van der Waals surface area contributed by atoms with Gasteiger partial charge < -0.3 is 28.8 Å². The monoisotopic (exact) mass is 900 g/mol. The van der Waals surface area contributed by atoms with Crippen molar-refractivity contribution in [3.8, 4) is 5.75 Å². The molecule has 14 nitrogen and oxygen atoms in total. The normalized spacial score (nSPS) is 20.6. The zero-order valence-electron chi connectivity index (χ0n) is 36.3. The fraction of sp³-hybridized carbons (Fsp3) is 0.479. The lowest BCUT2D eigenvalue weighted by Gasteiger charge is -2.30. The van der Waals surface area contributed by atoms with Crippen molar-refractivity contribution >= 4 is 40.6 Å². The first-order chi connectivity index (χ1) is 31.4. The molecular formula is C48H55F3N6O8. The highest BCUT2D eigenvalue weighted by Crippen LogP contribution is 2.38. The van der Waals surface area contributed by atoms with Crippen LogP contribution in [-0.2, 0) is 31.7 Å². The molecule has 17 heteroatoms. The maximum absolute atomic E-state index is 13.5. The standard InChI is InChI=1S/C48H55F3N6O8/c1-31-8-16-42(44(59)52-31)57-45(60)38-15-14-37(28-39(38)46(57)61)65-25-24-63-21-20-62-22-23-64-30-32-9-12-36(13-10-32)56-41-17-11-33(29-55-18-3-2-4-19-55)26-40(41)53-47(56)54-43(58)34-6-5-7-35(27-34)48(49,50)51/h5-7,11,14-15,17,26-28,32,36,42H,1-4,8-10,12-13,16,18-25,29-30H2,(H,52,59)(H,53,54,58)/t32-,36+,42?. The number of fused-ring (bicyclic) bond motifs is 2. The van der Waals surface area contributed by atoms with Gasteiger partial charge in [0.25, 0.3) is 17.7 Å². The van der Waals surface area contributed by atoms with Crippen molar-refractivity contribution in [1.82, 2.24) is 24.7 Å². The average molecular weight is 901 g/mol. The maximum atomic E-state index is 13.5. The van der Waals surface area contributed by atoms with Gasteiger partial charge in [-0.3, -0.25) is 34.3 Å². The molecule has 8 rings (SSSR count). The molecule has 346 valence electrons. The summed E-state index contributed by atoms with van der Waals surface area (Å²) in [6.45, 7) is 9.30. The molecule has 0 spiro atoms. The van der Waals surface area contributed by atoms with Gasteiger partial charge >= 0.3 is 6.18 Å². The number of halogens is 3. The molecule has 1 saturated carbocycles. The number of hydrogen-bond donors (Lipinski definition) is 2. The van der Waals surface area contributed by atoms with Crippen LogP contribution in [0, 0.1) is 5.92 Å². The van der Waals surface area contributed by atoms with Gasteiger partial charge in [-0.05, 0) is 124 Å². The Bertz CT molecular complexity index is 2390. The number of carbonyl (C=O) groups excluding carboxylic acids is 4. The molecule has 2 N–H and O–H groups in total. The number of aromatic nitrogens is 2. The number of rotatable bonds is 18. The molecule has 2 saturated heterocycles. The molecule has 65 heavy (non-hydrogen) atoms. The number of imide groups is 1. The molecule has 3 aromatic carbocycles. The Hall–Kier alpha value is -5.62. The average Bonchev–Trinajstić information content (AvgIpc) is 3.77. The highest BCUT2D eigenvalue weighted by Gasteiger charge is 2.44. The van der Waals surface area contributed by atoms with Crippen molar-refractivity contribution in [2.45, 2.75) is 82.6 Å². The molecule has 1 atom stereocenters. The van der Waals surface area contributed by atoms with E-state index in [1.165, 1.54) is 43.5 Å². The Kier molecular flexibility index (Phi) is 14.6. The van der Waals surface area contributed by atoms with E-state index in [1.54, 1.807) is 6.07 Å². The SMILES string of the molecule is C=C1CCC(N2C(=O)c3ccc(OCCOCCOCCOC[C@H]4CC[C@@H](n5c(NC(=O)c6cccc(C(F)(F)F)c6)nc6cc(CN7CCCCC7)ccc65)CC4)cc3C2=O)C(=O)N1. The van der Waals surface area contributed by atoms with E-state index >= 15 is 0 Å². The molecule has 0 radical (unpaired) electrons. The van der Waals surface area contributed by atoms with Crippen molar-refractivity contribution in [3.63, 3.8) is 0 Å². The van der Waals surface area contributed by atoms with E-state index < -0.39 is 41.4 Å². The van der Waals surface area contributed by atoms with Crippen LogP contribution in [0.5, 0.6) is 5.75 Å². The maximum Gasteiger partial charge on any atom is 0.416 e. The van der Waals surface area contributed by atoms with E-state index in [1.807, 2.05) is 6.07 Å². The molecule has 1 aliphatic carbocycles. The number of anilines is 1. The number of amides is 4. The van der Waals surface area contributed by atoms with Gasteiger partial charge in [-0.2, -0.15) is 13.2 Å². The summed E-state index contributed by atoms with van der Waals surface area (Å²) in [5, 5.41) is 5.48. The van der Waals surface area contributed by atoms with Crippen molar-refractivity contribution in [1.29, 1.82) is 0 Å². The molecule has 4 aliphatic rings. The molecule has 1 aromatic heterocycles. The summed E-state index contributed by atoms with van der Waals surface area (Å²) in [6, 6.07) is 14.5. The van der Waals surface area contributed by atoms with E-state index in [-0.39, 0.29) is 35.9 Å². The number of imidazole rings is 1. The Morgan fingerprint density at radius 1 is 0.815 bits per heavy atom. The van der Waals surface area contributed by atoms with Crippen LogP contribution in [0.4, 0.5) is 19.1 Å². The number of benzene rings is 3. The lowest BCUT2D eigenvalue weighted by molar-refractivity contribution is -0.137. The lowest BCUT2D eigenvalue weighted by Crippen LogP contribution is -2.51. The summed E-state index contributed by atoms with van der Waals surface area (Å²) in [4.78, 5) is 60.3. The van der Waals surface area contributed by atoms with E-state index in [9.17, 15) is 32.3 Å². The van der Waals surface area contributed by atoms with Gasteiger partial charge in [-0.1, -0.05) is 25.1 Å². The number of likely N-dealkylation sites (tertiary alicyclic amines) is 1. The third-order valence-electron chi connectivity index (χ3n) is 12.6. The number of allylic oxidation sites excluding steroid dienone is 1. The zero-order valence-corrected chi connectivity index (χ0v) is 36.3. The third kappa shape index (κ3) is 11.1. The Morgan fingerprint density at radius 2 is 1.54 bits per heavy atom. The van der Waals surface area contributed by atoms with Gasteiger partial charge in [0.05, 0.1) is 60.8 Å². The van der Waals surface area contributed by atoms with Gasteiger partial charge in [0.1, 0.15) is 18.4 Å². The number of piperidine rings is 2. The van der Waals surface area contributed by atoms with Crippen LogP contribution >= 0.6 is 0 Å². The van der Waals surface area contributed by atoms with E-state index in [0.29, 0.717) is 69.2 Å². The molecule has 3 aliphatic heterocycles. The number of ether oxygens (including phenoxy) is 4. The molecule has 1 unspecified atom stereocenters. The van der Waals surface area contributed by atoms with E-state index in [4.69, 9.17) is 23.9 Å². The summed E-state index contributed by atoms with van der Waals surface area (Å²) in [7, 11) is 0. The molecule has 4 heterocycles. The summed E-state index contributed by atoms with van der Waals surface area (Å²) in [5.74, 6) is -1.01. The first-order valence-electron chi connectivity index (χ1n) is 22.5. The second kappa shape index (κ2) is 20.7. The third-order valence-corrected chi connectivity index (χ3v) is 12.6. The molecule has 3 fully saturated rings. The minimum absolute atomic E-state index is 0.0303. The topological polar surface area (TPSA) is 154 Å². The first kappa shape index (κ1) is 45.9. The summed E-state index contributed by atoms with van der Waals surface area (Å²) in [5.41, 5.74) is 2.78. The smallest absolute Gasteiger partial charge is 0.416 e. The van der Waals surface area contributed by atoms with Gasteiger partial charge in [0, 0.05) is 30.5 Å². The molecule has 4 amide bonds. The Morgan fingerprint density at radius 3 is 2.28 bits per heavy atom. The number of hydrogen-bond acceptors (Lipinski definition) is 10. The zero-order chi connectivity index (χ0) is 45.5. The highest BCUT2D eigenvalue weighted by atomic mass is 19.4. The van der Waals surface area contributed by atoms with Crippen LogP contribution < -0.4 is 15.4 Å². The van der Waals surface area contributed by atoms with Crippen molar-refractivity contribution in [2.24, 2.45) is 5.92 Å². The minimum Gasteiger partial charge on any atom is -0.491 e. The predicted molar refractivity (Wildman–Crippen MR) is 234 cm³/mol. The molecule has 4 aromatic rings. The van der Waals surface area contributed by atoms with Crippen molar-refractivity contribution in [3.05, 3.63) is 101 Å². The van der Waals surface area contributed by atoms with Crippen LogP contribution in [0.2, 0.25) is 0 Å². The number of alkyl halides is 3. The van der Waals surface area contributed by atoms with Crippen LogP contribution in [0.1, 0.15) is 106 Å². The summed E-state index contributed by atoms with van der Waals surface area (Å²) in [6.07, 6.45) is 3.28. The molecule has 0 bridgehead atoms. The first-order valence-corrected chi connectivity index (χ1v) is 22.5. The number of nitrogens with one attached hydrogen (secondary N) is 2. The summed E-state index contributed by atoms with van der Waals surface area (Å²) >= 11 is 0. The van der Waals surface area contributed by atoms with Crippen LogP contribution in [0.3, 0.4) is 0 Å². The van der Waals surface area contributed by atoms with Crippen molar-refractivity contribution in [2.75, 3.05) is 64.7 Å². The van der Waals surface area contributed by atoms with Gasteiger partial charge in [-0.25, -0.2) is 4.98 Å². The van der Waals surface area contributed by atoms with Crippen LogP contribution in [-0.4, -0.2) is 108 Å². The van der Waals surface area contributed by atoms with Crippen LogP contribution in [0.25, 0.3) is 11.0 Å². The summed E-state index contributed by atoms with van der Waals surface area (Å²) < 4.78 is 65.5. The second-order valence-corrected chi connectivity index (χ2v) is 17.2. The fourth-order valence-corrected chi connectivity index (χ4v) is 9.18. The number of nitrogens with zero attached hydrogens (tertiary/aromatic N) is 4. The van der Waals surface area contributed by atoms with Gasteiger partial charge in [0.15, 0.2) is 0 Å². The Balaban J connectivity index is 0.751. The van der Waals surface area contributed by atoms with E-state index in [0.717, 1.165) is 78.9 Å². The Labute approximate surface area is 375 Å². The minimum atomic E-state index is -4.57. The fourth-order valence-electron chi connectivity index (χ4n) is 9.18. The second-order valence-electron chi connectivity index (χ2n) is 17.2.